The lowest BCUT2D eigenvalue weighted by atomic mass is 9.96. The Morgan fingerprint density at radius 2 is 1.68 bits per heavy atom. The first-order chi connectivity index (χ1) is 19.3. The van der Waals surface area contributed by atoms with Crippen molar-refractivity contribution in [3.63, 3.8) is 0 Å². The summed E-state index contributed by atoms with van der Waals surface area (Å²) in [6, 6.07) is 20.0. The first-order valence-electron chi connectivity index (χ1n) is 13.7. The number of aliphatic hydroxyl groups excluding tert-OH is 1. The molecule has 3 amide bonds. The van der Waals surface area contributed by atoms with Gasteiger partial charge in [-0.05, 0) is 68.4 Å². The second kappa shape index (κ2) is 13.3. The number of likely N-dealkylation sites (tertiary alicyclic amines) is 1. The van der Waals surface area contributed by atoms with Crippen molar-refractivity contribution >= 4 is 17.7 Å². The fourth-order valence-electron chi connectivity index (χ4n) is 5.14. The molecular formula is C32H37N3O5. The third-order valence-corrected chi connectivity index (χ3v) is 7.60. The molecule has 0 spiro atoms. The second-order valence-corrected chi connectivity index (χ2v) is 10.4. The van der Waals surface area contributed by atoms with Crippen molar-refractivity contribution in [1.29, 1.82) is 0 Å². The molecule has 1 aliphatic rings. The topological polar surface area (TPSA) is 119 Å². The molecule has 8 heteroatoms. The number of carbonyl (C=O) groups excluding carboxylic acids is 3. The number of aryl methyl sites for hydroxylation is 1. The van der Waals surface area contributed by atoms with Crippen LogP contribution in [0.1, 0.15) is 51.9 Å². The summed E-state index contributed by atoms with van der Waals surface area (Å²) in [5.41, 5.74) is 3.55. The Morgan fingerprint density at radius 1 is 0.950 bits per heavy atom. The molecule has 0 aliphatic carbocycles. The van der Waals surface area contributed by atoms with E-state index in [2.05, 4.69) is 10.6 Å². The molecule has 1 fully saturated rings. The minimum Gasteiger partial charge on any atom is -0.508 e. The largest absolute Gasteiger partial charge is 0.508 e. The molecule has 3 aromatic rings. The van der Waals surface area contributed by atoms with Crippen LogP contribution in [0, 0.1) is 13.8 Å². The maximum Gasteiger partial charge on any atom is 0.254 e. The molecule has 1 heterocycles. The Kier molecular flexibility index (Phi) is 9.56. The van der Waals surface area contributed by atoms with Gasteiger partial charge in [0.25, 0.3) is 11.8 Å². The average Bonchev–Trinajstić information content (AvgIpc) is 2.97. The fourth-order valence-corrected chi connectivity index (χ4v) is 5.14. The number of benzene rings is 3. The number of piperidine rings is 1. The minimum atomic E-state index is -1.58. The van der Waals surface area contributed by atoms with Crippen LogP contribution in [0.4, 0.5) is 0 Å². The number of hydrogen-bond acceptors (Lipinski definition) is 5. The van der Waals surface area contributed by atoms with Crippen LogP contribution in [0.3, 0.4) is 0 Å². The second-order valence-electron chi connectivity index (χ2n) is 10.4. The van der Waals surface area contributed by atoms with Crippen LogP contribution in [0.2, 0.25) is 0 Å². The summed E-state index contributed by atoms with van der Waals surface area (Å²) in [7, 11) is 0. The lowest BCUT2D eigenvalue weighted by Gasteiger charge is -2.37. The molecule has 3 aromatic carbocycles. The van der Waals surface area contributed by atoms with Crippen LogP contribution in [-0.2, 0) is 22.6 Å². The Hall–Kier alpha value is -4.17. The summed E-state index contributed by atoms with van der Waals surface area (Å²) in [4.78, 5) is 41.6. The van der Waals surface area contributed by atoms with Crippen LogP contribution in [-0.4, -0.2) is 57.6 Å². The fraction of sp³-hybridized carbons (Fsp3) is 0.344. The zero-order valence-corrected chi connectivity index (χ0v) is 23.0. The van der Waals surface area contributed by atoms with Gasteiger partial charge in [0.15, 0.2) is 6.10 Å². The maximum absolute atomic E-state index is 13.7. The standard InChI is InChI=1S/C32H37N3O5/c1-21-11-6-7-14-24(21)20-33-31(39)27-16-8-9-18-35(27)32(40)29(37)26(19-23-12-4-3-5-13-23)34-30(38)25-15-10-17-28(36)22(25)2/h3-7,10-15,17,26-27,29,36-37H,8-9,16,18-20H2,1-2H3,(H,33,39)(H,34,38)/t26-,27-,29-/m0/s1. The molecular weight excluding hydrogens is 506 g/mol. The third kappa shape index (κ3) is 6.87. The van der Waals surface area contributed by atoms with E-state index >= 15 is 0 Å². The minimum absolute atomic E-state index is 0.0169. The van der Waals surface area contributed by atoms with E-state index in [1.165, 1.54) is 11.0 Å². The zero-order valence-electron chi connectivity index (χ0n) is 23.0. The molecule has 1 saturated heterocycles. The maximum atomic E-state index is 13.7. The van der Waals surface area contributed by atoms with E-state index in [9.17, 15) is 24.6 Å². The molecule has 0 saturated carbocycles. The van der Waals surface area contributed by atoms with Crippen LogP contribution >= 0.6 is 0 Å². The van der Waals surface area contributed by atoms with Gasteiger partial charge in [0.05, 0.1) is 6.04 Å². The van der Waals surface area contributed by atoms with Gasteiger partial charge >= 0.3 is 0 Å². The van der Waals surface area contributed by atoms with E-state index in [1.54, 1.807) is 19.1 Å². The van der Waals surface area contributed by atoms with Gasteiger partial charge < -0.3 is 25.7 Å². The van der Waals surface area contributed by atoms with Gasteiger partial charge in [-0.2, -0.15) is 0 Å². The lowest BCUT2D eigenvalue weighted by molar-refractivity contribution is -0.150. The number of phenolic OH excluding ortho intramolecular Hbond substituents is 1. The van der Waals surface area contributed by atoms with Gasteiger partial charge in [-0.1, -0.05) is 60.7 Å². The van der Waals surface area contributed by atoms with Gasteiger partial charge in [-0.25, -0.2) is 0 Å². The number of hydrogen-bond donors (Lipinski definition) is 4. The summed E-state index contributed by atoms with van der Waals surface area (Å²) in [6.07, 6.45) is 0.638. The number of carbonyl (C=O) groups is 3. The predicted molar refractivity (Wildman–Crippen MR) is 153 cm³/mol. The van der Waals surface area contributed by atoms with E-state index < -0.39 is 30.0 Å². The first-order valence-corrected chi connectivity index (χ1v) is 13.7. The molecule has 3 atom stereocenters. The number of aliphatic hydroxyl groups is 1. The summed E-state index contributed by atoms with van der Waals surface area (Å²) in [5, 5.41) is 27.2. The van der Waals surface area contributed by atoms with Crippen molar-refractivity contribution in [1.82, 2.24) is 15.5 Å². The molecule has 4 N–H and O–H groups in total. The van der Waals surface area contributed by atoms with E-state index in [0.29, 0.717) is 25.1 Å². The average molecular weight is 544 g/mol. The highest BCUT2D eigenvalue weighted by atomic mass is 16.3. The van der Waals surface area contributed by atoms with E-state index in [0.717, 1.165) is 29.5 Å². The Bertz CT molecular complexity index is 1340. The van der Waals surface area contributed by atoms with Gasteiger partial charge in [0, 0.05) is 24.2 Å². The van der Waals surface area contributed by atoms with Crippen LogP contribution in [0.5, 0.6) is 5.75 Å². The van der Waals surface area contributed by atoms with E-state index in [4.69, 9.17) is 0 Å². The number of nitrogens with one attached hydrogen (secondary N) is 2. The number of amides is 3. The number of rotatable bonds is 9. The first kappa shape index (κ1) is 28.8. The van der Waals surface area contributed by atoms with Crippen molar-refractivity contribution in [2.45, 2.75) is 64.3 Å². The Morgan fingerprint density at radius 3 is 2.42 bits per heavy atom. The molecule has 1 aliphatic heterocycles. The molecule has 0 aromatic heterocycles. The molecule has 0 bridgehead atoms. The monoisotopic (exact) mass is 543 g/mol. The smallest absolute Gasteiger partial charge is 0.254 e. The molecule has 4 rings (SSSR count). The lowest BCUT2D eigenvalue weighted by Crippen LogP contribution is -2.58. The molecule has 40 heavy (non-hydrogen) atoms. The highest BCUT2D eigenvalue weighted by Gasteiger charge is 2.38. The Balaban J connectivity index is 1.52. The molecule has 0 unspecified atom stereocenters. The van der Waals surface area contributed by atoms with Crippen molar-refractivity contribution in [2.75, 3.05) is 6.54 Å². The highest BCUT2D eigenvalue weighted by Crippen LogP contribution is 2.22. The van der Waals surface area contributed by atoms with E-state index in [1.807, 2.05) is 61.5 Å². The summed E-state index contributed by atoms with van der Waals surface area (Å²) in [5.74, 6) is -1.38. The van der Waals surface area contributed by atoms with Crippen molar-refractivity contribution in [3.8, 4) is 5.75 Å². The van der Waals surface area contributed by atoms with Crippen molar-refractivity contribution < 1.29 is 24.6 Å². The summed E-state index contributed by atoms with van der Waals surface area (Å²) >= 11 is 0. The number of aromatic hydroxyl groups is 1. The predicted octanol–water partition coefficient (Wildman–Crippen LogP) is 3.41. The van der Waals surface area contributed by atoms with Crippen LogP contribution in [0.25, 0.3) is 0 Å². The number of phenols is 1. The highest BCUT2D eigenvalue weighted by molar-refractivity contribution is 5.97. The summed E-state index contributed by atoms with van der Waals surface area (Å²) < 4.78 is 0. The van der Waals surface area contributed by atoms with Gasteiger partial charge in [-0.15, -0.1) is 0 Å². The normalized spacial score (nSPS) is 16.6. The SMILES string of the molecule is Cc1ccccc1CNC(=O)[C@@H]1CCCCN1C(=O)[C@@H](O)[C@H](Cc1ccccc1)NC(=O)c1cccc(O)c1C. The van der Waals surface area contributed by atoms with Crippen molar-refractivity contribution in [3.05, 3.63) is 101 Å². The summed E-state index contributed by atoms with van der Waals surface area (Å²) in [6.45, 7) is 4.30. The number of nitrogens with zero attached hydrogens (tertiary/aromatic N) is 1. The quantitative estimate of drug-likeness (QED) is 0.330. The van der Waals surface area contributed by atoms with Crippen LogP contribution in [0.15, 0.2) is 72.8 Å². The Labute approximate surface area is 235 Å². The molecule has 210 valence electrons. The van der Waals surface area contributed by atoms with Gasteiger partial charge in [-0.3, -0.25) is 14.4 Å². The molecule has 8 nitrogen and oxygen atoms in total. The van der Waals surface area contributed by atoms with Crippen LogP contribution < -0.4 is 10.6 Å². The molecule has 0 radical (unpaired) electrons. The van der Waals surface area contributed by atoms with Crippen molar-refractivity contribution in [2.24, 2.45) is 0 Å². The zero-order chi connectivity index (χ0) is 28.6. The van der Waals surface area contributed by atoms with Gasteiger partial charge in [0.2, 0.25) is 5.91 Å². The van der Waals surface area contributed by atoms with E-state index in [-0.39, 0.29) is 23.6 Å². The van der Waals surface area contributed by atoms with Gasteiger partial charge in [0.1, 0.15) is 11.8 Å². The third-order valence-electron chi connectivity index (χ3n) is 7.60.